The first-order valence-corrected chi connectivity index (χ1v) is 7.66. The third kappa shape index (κ3) is 2.44. The van der Waals surface area contributed by atoms with Crippen LogP contribution in [0, 0.1) is 6.92 Å². The average Bonchev–Trinajstić information content (AvgIpc) is 3.12. The van der Waals surface area contributed by atoms with Gasteiger partial charge < -0.3 is 9.47 Å². The molecule has 0 saturated carbocycles. The van der Waals surface area contributed by atoms with Crippen molar-refractivity contribution < 1.29 is 19.1 Å². The summed E-state index contributed by atoms with van der Waals surface area (Å²) >= 11 is 0. The SMILES string of the molecule is Cc1cccc(/C=C2\CC(=O)N(c3ccc4c(c3)OCO4)C2=O)c1. The van der Waals surface area contributed by atoms with Gasteiger partial charge in [0.2, 0.25) is 12.7 Å². The van der Waals surface area contributed by atoms with E-state index in [9.17, 15) is 9.59 Å². The zero-order valence-electron chi connectivity index (χ0n) is 13.1. The van der Waals surface area contributed by atoms with Gasteiger partial charge in [-0.05, 0) is 30.7 Å². The lowest BCUT2D eigenvalue weighted by Crippen LogP contribution is -2.28. The van der Waals surface area contributed by atoms with Crippen molar-refractivity contribution >= 4 is 23.6 Å². The van der Waals surface area contributed by atoms with Gasteiger partial charge in [-0.25, -0.2) is 4.90 Å². The summed E-state index contributed by atoms with van der Waals surface area (Å²) in [6, 6.07) is 12.9. The average molecular weight is 321 g/mol. The van der Waals surface area contributed by atoms with E-state index in [1.54, 1.807) is 24.3 Å². The number of hydrogen-bond donors (Lipinski definition) is 0. The Morgan fingerprint density at radius 1 is 1.04 bits per heavy atom. The van der Waals surface area contributed by atoms with Crippen LogP contribution in [-0.4, -0.2) is 18.6 Å². The summed E-state index contributed by atoms with van der Waals surface area (Å²) in [6.07, 6.45) is 1.88. The molecule has 0 aliphatic carbocycles. The maximum Gasteiger partial charge on any atom is 0.261 e. The van der Waals surface area contributed by atoms with Gasteiger partial charge in [0.25, 0.3) is 5.91 Å². The smallest absolute Gasteiger partial charge is 0.261 e. The summed E-state index contributed by atoms with van der Waals surface area (Å²) in [5, 5.41) is 0. The minimum Gasteiger partial charge on any atom is -0.454 e. The zero-order valence-corrected chi connectivity index (χ0v) is 13.1. The summed E-state index contributed by atoms with van der Waals surface area (Å²) in [5.41, 5.74) is 3.01. The first-order valence-electron chi connectivity index (χ1n) is 7.66. The van der Waals surface area contributed by atoms with Gasteiger partial charge in [0.15, 0.2) is 11.5 Å². The van der Waals surface area contributed by atoms with Crippen molar-refractivity contribution in [1.82, 2.24) is 0 Å². The lowest BCUT2D eigenvalue weighted by atomic mass is 10.1. The molecule has 2 aromatic rings. The number of amides is 2. The molecule has 2 aromatic carbocycles. The number of hydrogen-bond acceptors (Lipinski definition) is 4. The van der Waals surface area contributed by atoms with E-state index in [1.165, 1.54) is 4.90 Å². The van der Waals surface area contributed by atoms with Crippen LogP contribution in [0.2, 0.25) is 0 Å². The number of carbonyl (C=O) groups is 2. The Bertz CT molecular complexity index is 885. The number of imide groups is 1. The molecule has 0 N–H and O–H groups in total. The second-order valence-corrected chi connectivity index (χ2v) is 5.83. The standard InChI is InChI=1S/C19H15NO4/c1-12-3-2-4-13(7-12)8-14-9-18(21)20(19(14)22)15-5-6-16-17(10-15)24-11-23-16/h2-8,10H,9,11H2,1H3/b14-8+. The molecule has 4 rings (SSSR count). The van der Waals surface area contributed by atoms with E-state index in [2.05, 4.69) is 0 Å². The fraction of sp³-hybridized carbons (Fsp3) is 0.158. The highest BCUT2D eigenvalue weighted by Crippen LogP contribution is 2.37. The normalized spacial score (nSPS) is 17.9. The molecule has 0 atom stereocenters. The third-order valence-corrected chi connectivity index (χ3v) is 4.07. The molecule has 0 bridgehead atoms. The number of aryl methyl sites for hydroxylation is 1. The first kappa shape index (κ1) is 14.5. The monoisotopic (exact) mass is 321 g/mol. The van der Waals surface area contributed by atoms with Crippen LogP contribution in [0.15, 0.2) is 48.0 Å². The van der Waals surface area contributed by atoms with E-state index in [4.69, 9.17) is 9.47 Å². The fourth-order valence-electron chi connectivity index (χ4n) is 2.93. The van der Waals surface area contributed by atoms with Crippen molar-refractivity contribution in [2.24, 2.45) is 0 Å². The molecule has 0 radical (unpaired) electrons. The van der Waals surface area contributed by atoms with Gasteiger partial charge in [0, 0.05) is 11.6 Å². The predicted octanol–water partition coefficient (Wildman–Crippen LogP) is 3.07. The number of carbonyl (C=O) groups excluding carboxylic acids is 2. The number of benzene rings is 2. The van der Waals surface area contributed by atoms with Crippen molar-refractivity contribution in [1.29, 1.82) is 0 Å². The van der Waals surface area contributed by atoms with Gasteiger partial charge >= 0.3 is 0 Å². The van der Waals surface area contributed by atoms with E-state index in [0.717, 1.165) is 11.1 Å². The molecule has 2 aliphatic rings. The van der Waals surface area contributed by atoms with E-state index in [-0.39, 0.29) is 25.0 Å². The van der Waals surface area contributed by atoms with Gasteiger partial charge in [-0.3, -0.25) is 9.59 Å². The quantitative estimate of drug-likeness (QED) is 0.630. The van der Waals surface area contributed by atoms with Crippen LogP contribution >= 0.6 is 0 Å². The largest absolute Gasteiger partial charge is 0.454 e. The summed E-state index contributed by atoms with van der Waals surface area (Å²) in [6.45, 7) is 2.14. The number of anilines is 1. The molecular formula is C19H15NO4. The molecule has 1 saturated heterocycles. The highest BCUT2D eigenvalue weighted by Gasteiger charge is 2.35. The van der Waals surface area contributed by atoms with Crippen LogP contribution in [-0.2, 0) is 9.59 Å². The zero-order chi connectivity index (χ0) is 16.7. The fourth-order valence-corrected chi connectivity index (χ4v) is 2.93. The summed E-state index contributed by atoms with van der Waals surface area (Å²) < 4.78 is 10.6. The van der Waals surface area contributed by atoms with Crippen LogP contribution in [0.25, 0.3) is 6.08 Å². The van der Waals surface area contributed by atoms with Gasteiger partial charge in [0.05, 0.1) is 12.1 Å². The van der Waals surface area contributed by atoms with E-state index < -0.39 is 0 Å². The first-order chi connectivity index (χ1) is 11.6. The highest BCUT2D eigenvalue weighted by molar-refractivity contribution is 6.29. The number of ether oxygens (including phenoxy) is 2. The Labute approximate surface area is 139 Å². The molecule has 1 fully saturated rings. The predicted molar refractivity (Wildman–Crippen MR) is 88.8 cm³/mol. The minimum atomic E-state index is -0.291. The molecular weight excluding hydrogens is 306 g/mol. The number of nitrogens with zero attached hydrogens (tertiary/aromatic N) is 1. The molecule has 120 valence electrons. The molecule has 2 heterocycles. The van der Waals surface area contributed by atoms with Crippen LogP contribution < -0.4 is 14.4 Å². The summed E-state index contributed by atoms with van der Waals surface area (Å²) in [4.78, 5) is 26.2. The number of rotatable bonds is 2. The molecule has 5 heteroatoms. The molecule has 2 aliphatic heterocycles. The van der Waals surface area contributed by atoms with E-state index in [1.807, 2.05) is 31.2 Å². The Morgan fingerprint density at radius 2 is 1.88 bits per heavy atom. The van der Waals surface area contributed by atoms with Gasteiger partial charge in [0.1, 0.15) is 0 Å². The highest BCUT2D eigenvalue weighted by atomic mass is 16.7. The molecule has 0 aromatic heterocycles. The topological polar surface area (TPSA) is 55.8 Å². The second-order valence-electron chi connectivity index (χ2n) is 5.83. The second kappa shape index (κ2) is 5.53. The van der Waals surface area contributed by atoms with Crippen molar-refractivity contribution in [3.05, 3.63) is 59.2 Å². The van der Waals surface area contributed by atoms with Crippen molar-refractivity contribution in [3.63, 3.8) is 0 Å². The maximum atomic E-state index is 12.7. The number of fused-ring (bicyclic) bond motifs is 1. The van der Waals surface area contributed by atoms with Crippen LogP contribution in [0.3, 0.4) is 0 Å². The Hall–Kier alpha value is -3.08. The Kier molecular flexibility index (Phi) is 3.34. The molecule has 2 amide bonds. The molecule has 0 spiro atoms. The molecule has 0 unspecified atom stereocenters. The van der Waals surface area contributed by atoms with Crippen molar-refractivity contribution in [2.45, 2.75) is 13.3 Å². The lowest BCUT2D eigenvalue weighted by molar-refractivity contribution is -0.120. The maximum absolute atomic E-state index is 12.7. The van der Waals surface area contributed by atoms with E-state index in [0.29, 0.717) is 22.8 Å². The van der Waals surface area contributed by atoms with Gasteiger partial charge in [-0.2, -0.15) is 0 Å². The Morgan fingerprint density at radius 3 is 2.71 bits per heavy atom. The van der Waals surface area contributed by atoms with Crippen LogP contribution in [0.4, 0.5) is 5.69 Å². The third-order valence-electron chi connectivity index (χ3n) is 4.07. The van der Waals surface area contributed by atoms with Crippen LogP contribution in [0.5, 0.6) is 11.5 Å². The van der Waals surface area contributed by atoms with Gasteiger partial charge in [-0.15, -0.1) is 0 Å². The summed E-state index contributed by atoms with van der Waals surface area (Å²) in [7, 11) is 0. The minimum absolute atomic E-state index is 0.0984. The summed E-state index contributed by atoms with van der Waals surface area (Å²) in [5.74, 6) is 0.635. The van der Waals surface area contributed by atoms with Crippen molar-refractivity contribution in [2.75, 3.05) is 11.7 Å². The van der Waals surface area contributed by atoms with Crippen LogP contribution in [0.1, 0.15) is 17.5 Å². The lowest BCUT2D eigenvalue weighted by Gasteiger charge is -2.13. The molecule has 24 heavy (non-hydrogen) atoms. The Balaban J connectivity index is 1.66. The van der Waals surface area contributed by atoms with E-state index >= 15 is 0 Å². The van der Waals surface area contributed by atoms with Gasteiger partial charge in [-0.1, -0.05) is 29.8 Å². The molecule has 5 nitrogen and oxygen atoms in total. The van der Waals surface area contributed by atoms with Crippen molar-refractivity contribution in [3.8, 4) is 11.5 Å².